The van der Waals surface area contributed by atoms with Gasteiger partial charge in [-0.25, -0.2) is 0 Å². The number of ether oxygens (including phenoxy) is 2. The molecule has 1 amide bonds. The third-order valence-electron chi connectivity index (χ3n) is 5.59. The molecule has 0 spiro atoms. The van der Waals surface area contributed by atoms with Crippen molar-refractivity contribution >= 4 is 11.9 Å². The zero-order valence-corrected chi connectivity index (χ0v) is 14.7. The van der Waals surface area contributed by atoms with E-state index in [1.807, 2.05) is 24.3 Å². The number of carboxylic acids is 1. The van der Waals surface area contributed by atoms with Gasteiger partial charge in [0.1, 0.15) is 11.9 Å². The summed E-state index contributed by atoms with van der Waals surface area (Å²) >= 11 is 0. The van der Waals surface area contributed by atoms with Gasteiger partial charge in [0.05, 0.1) is 19.1 Å². The van der Waals surface area contributed by atoms with Gasteiger partial charge in [-0.2, -0.15) is 0 Å². The number of nitrogens with zero attached hydrogens (tertiary/aromatic N) is 1. The van der Waals surface area contributed by atoms with Gasteiger partial charge in [-0.3, -0.25) is 9.59 Å². The second kappa shape index (κ2) is 7.04. The number of methoxy groups -OCH3 is 1. The Morgan fingerprint density at radius 1 is 1.44 bits per heavy atom. The molecule has 0 radical (unpaired) electrons. The molecule has 25 heavy (non-hydrogen) atoms. The minimum atomic E-state index is -0.768. The first-order valence-corrected chi connectivity index (χ1v) is 8.73. The quantitative estimate of drug-likeness (QED) is 0.855. The first kappa shape index (κ1) is 17.7. The largest absolute Gasteiger partial charge is 0.497 e. The van der Waals surface area contributed by atoms with Crippen molar-refractivity contribution in [2.24, 2.45) is 11.3 Å². The van der Waals surface area contributed by atoms with Crippen LogP contribution in [0.5, 0.6) is 5.75 Å². The zero-order valence-electron chi connectivity index (χ0n) is 14.7. The number of fused-ring (bicyclic) bond motifs is 1. The van der Waals surface area contributed by atoms with Gasteiger partial charge in [0.15, 0.2) is 0 Å². The van der Waals surface area contributed by atoms with Crippen LogP contribution in [-0.2, 0) is 20.9 Å². The van der Waals surface area contributed by atoms with E-state index in [0.717, 1.165) is 24.2 Å². The summed E-state index contributed by atoms with van der Waals surface area (Å²) < 4.78 is 10.9. The molecule has 1 N–H and O–H groups in total. The molecular weight excluding hydrogens is 322 g/mol. The average molecular weight is 347 g/mol. The number of rotatable bonds is 6. The monoisotopic (exact) mass is 347 g/mol. The first-order valence-electron chi connectivity index (χ1n) is 8.73. The summed E-state index contributed by atoms with van der Waals surface area (Å²) in [5.41, 5.74) is 0.182. The normalized spacial score (nSPS) is 26.3. The molecule has 1 saturated heterocycles. The fourth-order valence-corrected chi connectivity index (χ4v) is 4.12. The van der Waals surface area contributed by atoms with E-state index < -0.39 is 17.5 Å². The molecule has 1 saturated carbocycles. The number of hydrogen-bond donors (Lipinski definition) is 1. The lowest BCUT2D eigenvalue weighted by Crippen LogP contribution is -2.41. The molecule has 136 valence electrons. The Labute approximate surface area is 147 Å². The van der Waals surface area contributed by atoms with Crippen LogP contribution in [0.25, 0.3) is 0 Å². The molecule has 1 aromatic carbocycles. The molecule has 1 aromatic rings. The summed E-state index contributed by atoms with van der Waals surface area (Å²) in [5.74, 6) is -0.0800. The van der Waals surface area contributed by atoms with Gasteiger partial charge in [0.25, 0.3) is 5.91 Å². The molecule has 0 bridgehead atoms. The van der Waals surface area contributed by atoms with E-state index in [1.165, 1.54) is 0 Å². The van der Waals surface area contributed by atoms with Gasteiger partial charge in [-0.05, 0) is 43.4 Å². The number of carbonyl (C=O) groups is 2. The fraction of sp³-hybridized carbons (Fsp3) is 0.579. The molecule has 1 heterocycles. The highest BCUT2D eigenvalue weighted by molar-refractivity contribution is 5.83. The first-order chi connectivity index (χ1) is 12.0. The molecule has 1 aliphatic heterocycles. The van der Waals surface area contributed by atoms with Crippen molar-refractivity contribution in [3.63, 3.8) is 0 Å². The summed E-state index contributed by atoms with van der Waals surface area (Å²) in [5, 5.41) is 9.63. The van der Waals surface area contributed by atoms with Crippen molar-refractivity contribution in [2.75, 3.05) is 20.2 Å². The van der Waals surface area contributed by atoms with Crippen LogP contribution in [0.1, 0.15) is 31.7 Å². The summed E-state index contributed by atoms with van der Waals surface area (Å²) in [4.78, 5) is 26.1. The van der Waals surface area contributed by atoms with Crippen LogP contribution in [0, 0.1) is 11.3 Å². The van der Waals surface area contributed by atoms with E-state index in [0.29, 0.717) is 26.1 Å². The van der Waals surface area contributed by atoms with E-state index in [1.54, 1.807) is 18.9 Å². The van der Waals surface area contributed by atoms with Gasteiger partial charge in [-0.15, -0.1) is 0 Å². The number of aliphatic carboxylic acids is 1. The Kier molecular flexibility index (Phi) is 4.99. The van der Waals surface area contributed by atoms with Crippen molar-refractivity contribution in [3.05, 3.63) is 29.8 Å². The smallest absolute Gasteiger partial charge is 0.311 e. The van der Waals surface area contributed by atoms with Crippen molar-refractivity contribution < 1.29 is 24.2 Å². The maximum atomic E-state index is 12.7. The topological polar surface area (TPSA) is 76.1 Å². The molecule has 6 nitrogen and oxygen atoms in total. The van der Waals surface area contributed by atoms with Crippen molar-refractivity contribution in [2.45, 2.75) is 38.9 Å². The maximum Gasteiger partial charge on any atom is 0.311 e. The van der Waals surface area contributed by atoms with Gasteiger partial charge in [-0.1, -0.05) is 18.6 Å². The minimum absolute atomic E-state index is 0.0690. The molecule has 6 heteroatoms. The van der Waals surface area contributed by atoms with Crippen LogP contribution in [0.15, 0.2) is 24.3 Å². The number of carbonyl (C=O) groups excluding carboxylic acids is 1. The third kappa shape index (κ3) is 3.35. The third-order valence-corrected chi connectivity index (χ3v) is 5.59. The molecule has 2 fully saturated rings. The van der Waals surface area contributed by atoms with Gasteiger partial charge in [0.2, 0.25) is 0 Å². The Balaban J connectivity index is 1.59. The Morgan fingerprint density at radius 3 is 2.92 bits per heavy atom. The molecular formula is C19H25NO5. The van der Waals surface area contributed by atoms with E-state index in [4.69, 9.17) is 9.47 Å². The van der Waals surface area contributed by atoms with Crippen LogP contribution in [-0.4, -0.2) is 48.2 Å². The Morgan fingerprint density at radius 2 is 2.24 bits per heavy atom. The number of hydrogen-bond acceptors (Lipinski definition) is 4. The second-order valence-corrected chi connectivity index (χ2v) is 7.07. The maximum absolute atomic E-state index is 12.7. The van der Waals surface area contributed by atoms with Gasteiger partial charge in [0, 0.05) is 13.1 Å². The lowest BCUT2D eigenvalue weighted by molar-refractivity contribution is -0.150. The van der Waals surface area contributed by atoms with Gasteiger partial charge >= 0.3 is 5.97 Å². The predicted molar refractivity (Wildman–Crippen MR) is 91.2 cm³/mol. The summed E-state index contributed by atoms with van der Waals surface area (Å²) in [6.07, 6.45) is 1.88. The highest BCUT2D eigenvalue weighted by Crippen LogP contribution is 2.49. The zero-order chi connectivity index (χ0) is 18.0. The Hall–Kier alpha value is -2.08. The van der Waals surface area contributed by atoms with Crippen LogP contribution < -0.4 is 4.74 Å². The minimum Gasteiger partial charge on any atom is -0.497 e. The SMILES string of the molecule is COc1cccc(COC(C)C(=O)N2C[C@@H]3CCC[C@@]3(C(=O)O)C2)c1. The van der Waals surface area contributed by atoms with Crippen LogP contribution >= 0.6 is 0 Å². The van der Waals surface area contributed by atoms with E-state index >= 15 is 0 Å². The van der Waals surface area contributed by atoms with Crippen molar-refractivity contribution in [1.82, 2.24) is 4.90 Å². The standard InChI is InChI=1S/C19H25NO5/c1-13(25-11-14-5-3-7-16(9-14)24-2)17(21)20-10-15-6-4-8-19(15,12-20)18(22)23/h3,5,7,9,13,15H,4,6,8,10-12H2,1-2H3,(H,22,23)/t13?,15-,19+/m0/s1. The number of likely N-dealkylation sites (tertiary alicyclic amines) is 1. The van der Waals surface area contributed by atoms with Crippen molar-refractivity contribution in [1.29, 1.82) is 0 Å². The molecule has 1 unspecified atom stereocenters. The average Bonchev–Trinajstić information content (AvgIpc) is 3.17. The van der Waals surface area contributed by atoms with E-state index in [9.17, 15) is 14.7 Å². The van der Waals surface area contributed by atoms with Crippen LogP contribution in [0.3, 0.4) is 0 Å². The molecule has 3 rings (SSSR count). The van der Waals surface area contributed by atoms with Crippen LogP contribution in [0.4, 0.5) is 0 Å². The molecule has 1 aliphatic carbocycles. The lowest BCUT2D eigenvalue weighted by atomic mass is 9.81. The lowest BCUT2D eigenvalue weighted by Gasteiger charge is -2.25. The summed E-state index contributed by atoms with van der Waals surface area (Å²) in [6, 6.07) is 7.52. The number of carboxylic acid groups (broad SMARTS) is 1. The molecule has 2 aliphatic rings. The summed E-state index contributed by atoms with van der Waals surface area (Å²) in [6.45, 7) is 2.87. The van der Waals surface area contributed by atoms with Crippen molar-refractivity contribution in [3.8, 4) is 5.75 Å². The number of benzene rings is 1. The number of amides is 1. The predicted octanol–water partition coefficient (Wildman–Crippen LogP) is 2.31. The molecule has 3 atom stereocenters. The second-order valence-electron chi connectivity index (χ2n) is 7.07. The fourth-order valence-electron chi connectivity index (χ4n) is 4.12. The highest BCUT2D eigenvalue weighted by Gasteiger charge is 2.56. The Bertz CT molecular complexity index is 661. The van der Waals surface area contributed by atoms with Gasteiger partial charge < -0.3 is 19.5 Å². The van der Waals surface area contributed by atoms with E-state index in [-0.39, 0.29) is 11.8 Å². The highest BCUT2D eigenvalue weighted by atomic mass is 16.5. The van der Waals surface area contributed by atoms with Crippen LogP contribution in [0.2, 0.25) is 0 Å². The van der Waals surface area contributed by atoms with E-state index in [2.05, 4.69) is 0 Å². The summed E-state index contributed by atoms with van der Waals surface area (Å²) in [7, 11) is 1.61. The molecule has 0 aromatic heterocycles.